The molecule has 4 heteroatoms. The minimum atomic E-state index is -0.319. The molecule has 4 nitrogen and oxygen atoms in total. The van der Waals surface area contributed by atoms with Gasteiger partial charge in [0.1, 0.15) is 17.6 Å². The van der Waals surface area contributed by atoms with Crippen LogP contribution in [0.15, 0.2) is 0 Å². The number of rotatable bonds is 3. The Kier molecular flexibility index (Phi) is 3.26. The summed E-state index contributed by atoms with van der Waals surface area (Å²) in [4.78, 5) is 12.9. The molecule has 2 saturated carbocycles. The van der Waals surface area contributed by atoms with Crippen LogP contribution in [-0.2, 0) is 14.3 Å². The first-order chi connectivity index (χ1) is 10.7. The summed E-state index contributed by atoms with van der Waals surface area (Å²) < 4.78 is 13.3. The minimum absolute atomic E-state index is 0.0316. The molecule has 0 N–H and O–H groups in total. The van der Waals surface area contributed by atoms with Crippen molar-refractivity contribution in [2.24, 2.45) is 23.7 Å². The van der Waals surface area contributed by atoms with Gasteiger partial charge in [-0.15, -0.1) is 0 Å². The summed E-state index contributed by atoms with van der Waals surface area (Å²) >= 11 is 0. The number of esters is 1. The van der Waals surface area contributed by atoms with Gasteiger partial charge in [-0.05, 0) is 45.4 Å². The van der Waals surface area contributed by atoms with Gasteiger partial charge in [-0.3, -0.25) is 4.79 Å². The van der Waals surface area contributed by atoms with Crippen molar-refractivity contribution in [3.05, 3.63) is 0 Å². The van der Waals surface area contributed by atoms with E-state index >= 15 is 0 Å². The summed E-state index contributed by atoms with van der Waals surface area (Å²) in [6, 6.07) is 0. The largest absolute Gasteiger partial charge is 0.455 e. The van der Waals surface area contributed by atoms with Gasteiger partial charge in [0.15, 0.2) is 0 Å². The molecule has 2 aliphatic heterocycles. The summed E-state index contributed by atoms with van der Waals surface area (Å²) in [5.41, 5.74) is -0.351. The van der Waals surface area contributed by atoms with Gasteiger partial charge >= 0.3 is 5.97 Å². The molecule has 23 heavy (non-hydrogen) atoms. The lowest BCUT2D eigenvalue weighted by atomic mass is 9.55. The molecule has 0 radical (unpaired) electrons. The Labute approximate surface area is 140 Å². The molecular weight excluding hydrogens is 290 g/mol. The van der Waals surface area contributed by atoms with Crippen LogP contribution in [0.3, 0.4) is 0 Å². The minimum Gasteiger partial charge on any atom is -0.455 e. The summed E-state index contributed by atoms with van der Waals surface area (Å²) in [7, 11) is 4.44. The maximum Gasteiger partial charge on any atom is 0.315 e. The monoisotopic (exact) mass is 322 g/mol. The number of hydrogen-bond donors (Lipinski definition) is 0. The molecule has 0 aromatic carbocycles. The lowest BCUT2D eigenvalue weighted by Crippen LogP contribution is -2.59. The van der Waals surface area contributed by atoms with Crippen LogP contribution in [-0.4, -0.2) is 54.9 Å². The Morgan fingerprint density at radius 3 is 2.65 bits per heavy atom. The van der Waals surface area contributed by atoms with E-state index in [4.69, 9.17) is 9.47 Å². The molecule has 0 aromatic heterocycles. The van der Waals surface area contributed by atoms with Crippen molar-refractivity contribution in [1.29, 1.82) is 0 Å². The number of hydrogen-bond acceptors (Lipinski definition) is 3. The van der Waals surface area contributed by atoms with E-state index < -0.39 is 0 Å². The molecule has 0 unspecified atom stereocenters. The van der Waals surface area contributed by atoms with Crippen molar-refractivity contribution in [1.82, 2.24) is 0 Å². The smallest absolute Gasteiger partial charge is 0.315 e. The topological polar surface area (TPSA) is 38.8 Å². The number of ether oxygens (including phenoxy) is 2. The first kappa shape index (κ1) is 15.9. The zero-order chi connectivity index (χ0) is 16.6. The molecule has 0 aromatic rings. The fourth-order valence-corrected chi connectivity index (χ4v) is 5.92. The average Bonchev–Trinajstić information content (AvgIpc) is 3.11. The highest BCUT2D eigenvalue weighted by atomic mass is 16.7. The number of quaternary nitrogens is 1. The van der Waals surface area contributed by atoms with Crippen LogP contribution in [0.4, 0.5) is 0 Å². The van der Waals surface area contributed by atoms with E-state index in [0.29, 0.717) is 17.8 Å². The van der Waals surface area contributed by atoms with E-state index in [1.165, 1.54) is 6.42 Å². The molecule has 4 fully saturated rings. The summed E-state index contributed by atoms with van der Waals surface area (Å²) in [5, 5.41) is 0. The lowest BCUT2D eigenvalue weighted by molar-refractivity contribution is -0.891. The van der Waals surface area contributed by atoms with E-state index in [9.17, 15) is 4.79 Å². The van der Waals surface area contributed by atoms with Gasteiger partial charge in [-0.2, -0.15) is 0 Å². The van der Waals surface area contributed by atoms with E-state index in [1.54, 1.807) is 0 Å². The van der Waals surface area contributed by atoms with Gasteiger partial charge < -0.3 is 14.0 Å². The highest BCUT2D eigenvalue weighted by Crippen LogP contribution is 2.66. The number of carbonyl (C=O) groups is 1. The van der Waals surface area contributed by atoms with E-state index in [1.807, 2.05) is 0 Å². The van der Waals surface area contributed by atoms with Crippen LogP contribution in [0.1, 0.15) is 46.5 Å². The van der Waals surface area contributed by atoms with Crippen LogP contribution >= 0.6 is 0 Å². The molecule has 2 heterocycles. The highest BCUT2D eigenvalue weighted by Gasteiger charge is 2.77. The van der Waals surface area contributed by atoms with Gasteiger partial charge in [0.25, 0.3) is 0 Å². The molecule has 1 spiro atoms. The third-order valence-corrected chi connectivity index (χ3v) is 7.64. The number of carbonyl (C=O) groups excluding carboxylic acids is 1. The molecule has 2 saturated heterocycles. The maximum absolute atomic E-state index is 12.9. The van der Waals surface area contributed by atoms with Crippen LogP contribution < -0.4 is 0 Å². The van der Waals surface area contributed by atoms with Crippen molar-refractivity contribution in [2.75, 3.05) is 27.2 Å². The van der Waals surface area contributed by atoms with Crippen molar-refractivity contribution >= 4 is 5.97 Å². The Hall–Kier alpha value is -0.610. The zero-order valence-corrected chi connectivity index (χ0v) is 15.3. The predicted octanol–water partition coefficient (Wildman–Crippen LogP) is 2.61. The standard InChI is InChI=1S/C19H32NO3/c1-6-20(4,5)11-13-15-8-7-12(2)14-9-10-18(3)17(23-18)19(14,15)22-16(13)21/h12-15,17H,6-11H2,1-5H3/q+1/t12-,13+,14-,15-,17-,18-,19-/m0/s1. The number of nitrogens with zero attached hydrogens (tertiary/aromatic N) is 1. The second kappa shape index (κ2) is 4.72. The van der Waals surface area contributed by atoms with E-state index in [-0.39, 0.29) is 29.2 Å². The van der Waals surface area contributed by atoms with Gasteiger partial charge in [-0.25, -0.2) is 0 Å². The molecule has 4 rings (SSSR count). The van der Waals surface area contributed by atoms with Crippen molar-refractivity contribution in [2.45, 2.75) is 63.8 Å². The molecule has 0 amide bonds. The van der Waals surface area contributed by atoms with Crippen molar-refractivity contribution < 1.29 is 18.8 Å². The Balaban J connectivity index is 1.70. The van der Waals surface area contributed by atoms with E-state index in [2.05, 4.69) is 34.9 Å². The maximum atomic E-state index is 12.9. The fraction of sp³-hybridized carbons (Fsp3) is 0.947. The first-order valence-electron chi connectivity index (χ1n) is 9.46. The fourth-order valence-electron chi connectivity index (χ4n) is 5.92. The van der Waals surface area contributed by atoms with Crippen LogP contribution in [0.25, 0.3) is 0 Å². The second-order valence-electron chi connectivity index (χ2n) is 9.43. The Bertz CT molecular complexity index is 533. The first-order valence-corrected chi connectivity index (χ1v) is 9.46. The lowest BCUT2D eigenvalue weighted by Gasteiger charge is -2.50. The molecule has 2 aliphatic carbocycles. The summed E-state index contributed by atoms with van der Waals surface area (Å²) in [6.45, 7) is 8.70. The van der Waals surface area contributed by atoms with Crippen molar-refractivity contribution in [3.8, 4) is 0 Å². The van der Waals surface area contributed by atoms with Crippen LogP contribution in [0.2, 0.25) is 0 Å². The summed E-state index contributed by atoms with van der Waals surface area (Å²) in [6.07, 6.45) is 4.77. The Morgan fingerprint density at radius 1 is 1.22 bits per heavy atom. The molecule has 4 aliphatic rings. The van der Waals surface area contributed by atoms with E-state index in [0.717, 1.165) is 36.8 Å². The molecule has 7 atom stereocenters. The second-order valence-corrected chi connectivity index (χ2v) is 9.43. The molecule has 130 valence electrons. The summed E-state index contributed by atoms with van der Waals surface area (Å²) in [5.74, 6) is 1.58. The van der Waals surface area contributed by atoms with Gasteiger partial charge in [0.2, 0.25) is 0 Å². The number of epoxide rings is 1. The third-order valence-electron chi connectivity index (χ3n) is 7.64. The highest BCUT2D eigenvalue weighted by molar-refractivity contribution is 5.77. The molecule has 0 bridgehead atoms. The zero-order valence-electron chi connectivity index (χ0n) is 15.3. The average molecular weight is 322 g/mol. The quantitative estimate of drug-likeness (QED) is 0.455. The van der Waals surface area contributed by atoms with Crippen molar-refractivity contribution in [3.63, 3.8) is 0 Å². The van der Waals surface area contributed by atoms with Gasteiger partial charge in [0, 0.05) is 11.8 Å². The van der Waals surface area contributed by atoms with Crippen LogP contribution in [0, 0.1) is 23.7 Å². The normalized spacial score (nSPS) is 51.5. The SMILES string of the molecule is CC[N+](C)(C)C[C@H]1C(=O)O[C@@]23[C@H]4O[C@@]4(C)CC[C@H]2[C@@H](C)CC[C@@H]13. The predicted molar refractivity (Wildman–Crippen MR) is 87.7 cm³/mol. The third kappa shape index (κ3) is 2.07. The Morgan fingerprint density at radius 2 is 1.96 bits per heavy atom. The van der Waals surface area contributed by atoms with Gasteiger partial charge in [0.05, 0.1) is 32.8 Å². The van der Waals surface area contributed by atoms with Crippen LogP contribution in [0.5, 0.6) is 0 Å². The number of fused-ring (bicyclic) bond motifs is 1. The molecular formula is C19H32NO3+. The van der Waals surface area contributed by atoms with Gasteiger partial charge in [-0.1, -0.05) is 6.92 Å².